The molecule has 0 aliphatic carbocycles. The highest BCUT2D eigenvalue weighted by molar-refractivity contribution is 5.83. The monoisotopic (exact) mass is 845 g/mol. The maximum absolute atomic E-state index is 12.4. The fourth-order valence-electron chi connectivity index (χ4n) is 7.39. The van der Waals surface area contributed by atoms with Gasteiger partial charge in [0.05, 0.1) is 0 Å². The van der Waals surface area contributed by atoms with Gasteiger partial charge in [0, 0.05) is 45.1 Å². The SMILES string of the molecule is CCCCCCCCCCCCC#CC#CCCCCCCCCC(=O)NCCC[C@H](NC(=O)CCCCCCCCC#CC#CCCCCCCCCCCCC)C(=O)O. The van der Waals surface area contributed by atoms with Crippen molar-refractivity contribution in [2.24, 2.45) is 0 Å². The van der Waals surface area contributed by atoms with E-state index in [1.54, 1.807) is 0 Å². The van der Waals surface area contributed by atoms with E-state index in [4.69, 9.17) is 0 Å². The lowest BCUT2D eigenvalue weighted by molar-refractivity contribution is -0.142. The molecule has 0 radical (unpaired) electrons. The molecule has 0 aromatic carbocycles. The summed E-state index contributed by atoms with van der Waals surface area (Å²) in [6.45, 7) is 4.95. The highest BCUT2D eigenvalue weighted by Crippen LogP contribution is 2.13. The van der Waals surface area contributed by atoms with Crippen LogP contribution in [0, 0.1) is 47.4 Å². The molecule has 0 aliphatic heterocycles. The second kappa shape index (κ2) is 49.3. The van der Waals surface area contributed by atoms with Crippen molar-refractivity contribution < 1.29 is 19.5 Å². The van der Waals surface area contributed by atoms with E-state index in [0.717, 1.165) is 103 Å². The van der Waals surface area contributed by atoms with E-state index in [1.807, 2.05) is 0 Å². The quantitative estimate of drug-likeness (QED) is 0.0421. The molecular formula is C55H92N2O4. The number of carboxylic acids is 1. The van der Waals surface area contributed by atoms with Crippen LogP contribution in [-0.4, -0.2) is 35.5 Å². The number of carbonyl (C=O) groups excluding carboxylic acids is 2. The Kier molecular flexibility index (Phi) is 46.6. The van der Waals surface area contributed by atoms with E-state index in [9.17, 15) is 19.5 Å². The number of amides is 2. The van der Waals surface area contributed by atoms with Gasteiger partial charge in [-0.2, -0.15) is 0 Å². The number of rotatable bonds is 42. The lowest BCUT2D eigenvalue weighted by Gasteiger charge is -2.15. The smallest absolute Gasteiger partial charge is 0.326 e. The zero-order valence-corrected chi connectivity index (χ0v) is 39.7. The van der Waals surface area contributed by atoms with Gasteiger partial charge in [-0.25, -0.2) is 4.79 Å². The Labute approximate surface area is 377 Å². The Morgan fingerprint density at radius 1 is 0.393 bits per heavy atom. The first-order valence-electron chi connectivity index (χ1n) is 25.7. The fourth-order valence-corrected chi connectivity index (χ4v) is 7.39. The van der Waals surface area contributed by atoms with Crippen LogP contribution in [0.25, 0.3) is 0 Å². The molecule has 2 amide bonds. The Hall–Kier alpha value is -3.35. The van der Waals surface area contributed by atoms with Gasteiger partial charge >= 0.3 is 5.97 Å². The number of hydrogen-bond acceptors (Lipinski definition) is 3. The number of nitrogens with one attached hydrogen (secondary N) is 2. The summed E-state index contributed by atoms with van der Waals surface area (Å²) in [5.74, 6) is 23.5. The fraction of sp³-hybridized carbons (Fsp3) is 0.800. The molecule has 6 heteroatoms. The van der Waals surface area contributed by atoms with Crippen LogP contribution < -0.4 is 10.6 Å². The van der Waals surface area contributed by atoms with Crippen LogP contribution in [0.3, 0.4) is 0 Å². The first kappa shape index (κ1) is 57.6. The summed E-state index contributed by atoms with van der Waals surface area (Å²) in [7, 11) is 0. The van der Waals surface area contributed by atoms with Gasteiger partial charge in [-0.1, -0.05) is 204 Å². The van der Waals surface area contributed by atoms with Crippen molar-refractivity contribution >= 4 is 17.8 Å². The number of hydrogen-bond donors (Lipinski definition) is 3. The third kappa shape index (κ3) is 47.6. The van der Waals surface area contributed by atoms with Crippen molar-refractivity contribution in [1.29, 1.82) is 0 Å². The lowest BCUT2D eigenvalue weighted by Crippen LogP contribution is -2.41. The molecule has 0 rings (SSSR count). The van der Waals surface area contributed by atoms with Crippen LogP contribution in [0.2, 0.25) is 0 Å². The maximum atomic E-state index is 12.4. The molecule has 6 nitrogen and oxygen atoms in total. The largest absolute Gasteiger partial charge is 0.480 e. The molecule has 0 unspecified atom stereocenters. The zero-order chi connectivity index (χ0) is 44.4. The van der Waals surface area contributed by atoms with Crippen molar-refractivity contribution in [3.63, 3.8) is 0 Å². The van der Waals surface area contributed by atoms with Crippen molar-refractivity contribution in [1.82, 2.24) is 10.6 Å². The van der Waals surface area contributed by atoms with E-state index in [0.29, 0.717) is 32.2 Å². The minimum atomic E-state index is -1.03. The molecular weight excluding hydrogens is 753 g/mol. The van der Waals surface area contributed by atoms with Gasteiger partial charge < -0.3 is 15.7 Å². The normalized spacial score (nSPS) is 10.9. The van der Waals surface area contributed by atoms with E-state index in [1.165, 1.54) is 128 Å². The predicted molar refractivity (Wildman–Crippen MR) is 260 cm³/mol. The molecule has 3 N–H and O–H groups in total. The van der Waals surface area contributed by atoms with Gasteiger partial charge in [-0.15, -0.1) is 0 Å². The number of carboxylic acid groups (broad SMARTS) is 1. The molecule has 0 aliphatic rings. The van der Waals surface area contributed by atoms with Crippen molar-refractivity contribution in [2.75, 3.05) is 6.54 Å². The summed E-state index contributed by atoms with van der Waals surface area (Å²) >= 11 is 0. The van der Waals surface area contributed by atoms with Gasteiger partial charge in [0.2, 0.25) is 11.8 Å². The summed E-state index contributed by atoms with van der Waals surface area (Å²) in [5, 5.41) is 15.2. The van der Waals surface area contributed by atoms with Crippen molar-refractivity contribution in [3.8, 4) is 47.4 Å². The molecule has 346 valence electrons. The van der Waals surface area contributed by atoms with Gasteiger partial charge in [0.15, 0.2) is 0 Å². The van der Waals surface area contributed by atoms with Gasteiger partial charge in [-0.3, -0.25) is 9.59 Å². The Balaban J connectivity index is 3.67. The van der Waals surface area contributed by atoms with Gasteiger partial charge in [-0.05, 0) is 75.0 Å². The molecule has 61 heavy (non-hydrogen) atoms. The molecule has 0 fully saturated rings. The van der Waals surface area contributed by atoms with Crippen LogP contribution in [0.1, 0.15) is 271 Å². The van der Waals surface area contributed by atoms with Crippen LogP contribution in [0.15, 0.2) is 0 Å². The summed E-state index contributed by atoms with van der Waals surface area (Å²) in [6, 6.07) is -0.923. The van der Waals surface area contributed by atoms with Crippen LogP contribution in [0.5, 0.6) is 0 Å². The summed E-state index contributed by atoms with van der Waals surface area (Å²) in [5.41, 5.74) is 0. The van der Waals surface area contributed by atoms with Crippen LogP contribution in [0.4, 0.5) is 0 Å². The first-order chi connectivity index (χ1) is 30.0. The topological polar surface area (TPSA) is 95.5 Å². The molecule has 1 atom stereocenters. The molecule has 0 aromatic heterocycles. The highest BCUT2D eigenvalue weighted by atomic mass is 16.4. The number of carbonyl (C=O) groups is 3. The maximum Gasteiger partial charge on any atom is 0.326 e. The summed E-state index contributed by atoms with van der Waals surface area (Å²) in [4.78, 5) is 36.3. The third-order valence-electron chi connectivity index (χ3n) is 11.3. The van der Waals surface area contributed by atoms with E-state index in [2.05, 4.69) is 71.8 Å². The second-order valence-electron chi connectivity index (χ2n) is 17.3. The first-order valence-corrected chi connectivity index (χ1v) is 25.7. The number of unbranched alkanes of at least 4 members (excludes halogenated alkanes) is 32. The van der Waals surface area contributed by atoms with Crippen LogP contribution in [-0.2, 0) is 14.4 Å². The third-order valence-corrected chi connectivity index (χ3v) is 11.3. The molecule has 0 aromatic rings. The zero-order valence-electron chi connectivity index (χ0n) is 39.7. The van der Waals surface area contributed by atoms with E-state index in [-0.39, 0.29) is 11.8 Å². The Morgan fingerprint density at radius 2 is 0.689 bits per heavy atom. The summed E-state index contributed by atoms with van der Waals surface area (Å²) in [6.07, 6.45) is 44.7. The van der Waals surface area contributed by atoms with E-state index >= 15 is 0 Å². The second-order valence-corrected chi connectivity index (χ2v) is 17.3. The minimum absolute atomic E-state index is 0.00715. The molecule has 0 saturated carbocycles. The Morgan fingerprint density at radius 3 is 1.02 bits per heavy atom. The molecule has 0 spiro atoms. The van der Waals surface area contributed by atoms with Gasteiger partial charge in [0.1, 0.15) is 6.04 Å². The van der Waals surface area contributed by atoms with Crippen molar-refractivity contribution in [2.45, 2.75) is 277 Å². The summed E-state index contributed by atoms with van der Waals surface area (Å²) < 4.78 is 0. The Bertz CT molecular complexity index is 1290. The predicted octanol–water partition coefficient (Wildman–Crippen LogP) is 14.3. The minimum Gasteiger partial charge on any atom is -0.480 e. The van der Waals surface area contributed by atoms with Gasteiger partial charge in [0.25, 0.3) is 0 Å². The molecule has 0 heterocycles. The average Bonchev–Trinajstić information content (AvgIpc) is 3.25. The van der Waals surface area contributed by atoms with E-state index < -0.39 is 12.0 Å². The average molecular weight is 845 g/mol. The van der Waals surface area contributed by atoms with Crippen molar-refractivity contribution in [3.05, 3.63) is 0 Å². The van der Waals surface area contributed by atoms with Crippen LogP contribution >= 0.6 is 0 Å². The highest BCUT2D eigenvalue weighted by Gasteiger charge is 2.19. The molecule has 0 saturated heterocycles. The number of aliphatic carboxylic acids is 1. The lowest BCUT2D eigenvalue weighted by atomic mass is 10.1. The molecule has 0 bridgehead atoms. The standard InChI is InChI=1S/C55H92N2O4/c1-3-5-7-9-11-13-15-17-19-21-23-25-27-29-31-33-35-37-39-41-43-45-49-53(58)56-51-47-48-52(55(60)61)57-54(59)50-46-44-42-40-38-36-34-32-30-28-26-24-22-20-18-16-14-12-10-8-6-4-2/h52H,3-24,33-51H2,1-2H3,(H,56,58)(H,57,59)(H,60,61)/t52-/m0/s1.